The van der Waals surface area contributed by atoms with Gasteiger partial charge in [-0.05, 0) is 38.5 Å². The van der Waals surface area contributed by atoms with Gasteiger partial charge in [-0.15, -0.1) is 0 Å². The van der Waals surface area contributed by atoms with Crippen LogP contribution in [-0.2, 0) is 14.3 Å². The third-order valence-corrected chi connectivity index (χ3v) is 6.48. The van der Waals surface area contributed by atoms with Crippen LogP contribution in [0, 0.1) is 29.1 Å². The molecule has 0 amide bonds. The van der Waals surface area contributed by atoms with Gasteiger partial charge in [0.2, 0.25) is 0 Å². The van der Waals surface area contributed by atoms with E-state index in [1.807, 2.05) is 6.92 Å². The first-order valence-corrected chi connectivity index (χ1v) is 8.96. The van der Waals surface area contributed by atoms with E-state index in [2.05, 4.69) is 33.4 Å². The molecule has 0 aliphatic heterocycles. The van der Waals surface area contributed by atoms with Crippen molar-refractivity contribution in [1.82, 2.24) is 0 Å². The van der Waals surface area contributed by atoms with Crippen LogP contribution in [0.15, 0.2) is 23.8 Å². The van der Waals surface area contributed by atoms with Gasteiger partial charge >= 0.3 is 5.97 Å². The van der Waals surface area contributed by atoms with E-state index in [9.17, 15) is 4.79 Å². The molecule has 1 spiro atoms. The number of methoxy groups -OCH3 is 1. The van der Waals surface area contributed by atoms with Gasteiger partial charge < -0.3 is 9.47 Å². The van der Waals surface area contributed by atoms with Crippen molar-refractivity contribution in [2.75, 3.05) is 7.11 Å². The average Bonchev–Trinajstić information content (AvgIpc) is 3.08. The number of hydrogen-bond acceptors (Lipinski definition) is 3. The normalized spacial score (nSPS) is 44.1. The Kier molecular flexibility index (Phi) is 4.20. The molecule has 0 unspecified atom stereocenters. The Bertz CT molecular complexity index is 549. The van der Waals surface area contributed by atoms with Gasteiger partial charge in [-0.3, -0.25) is 4.79 Å². The van der Waals surface area contributed by atoms with E-state index < -0.39 is 0 Å². The Hall–Kier alpha value is -1.09. The molecule has 7 atom stereocenters. The summed E-state index contributed by atoms with van der Waals surface area (Å²) in [5.41, 5.74) is 2.74. The summed E-state index contributed by atoms with van der Waals surface area (Å²) < 4.78 is 11.7. The lowest BCUT2D eigenvalue weighted by Crippen LogP contribution is -2.40. The van der Waals surface area contributed by atoms with Crippen molar-refractivity contribution in [3.8, 4) is 0 Å². The van der Waals surface area contributed by atoms with Crippen LogP contribution in [0.1, 0.15) is 47.0 Å². The van der Waals surface area contributed by atoms with E-state index in [-0.39, 0.29) is 23.6 Å². The lowest BCUT2D eigenvalue weighted by molar-refractivity contribution is -0.154. The van der Waals surface area contributed by atoms with Crippen molar-refractivity contribution in [2.24, 2.45) is 29.1 Å². The van der Waals surface area contributed by atoms with Gasteiger partial charge in [-0.25, -0.2) is 0 Å². The number of carbonyl (C=O) groups excluding carboxylic acids is 1. The molecule has 3 heteroatoms. The molecule has 0 aromatic rings. The van der Waals surface area contributed by atoms with E-state index >= 15 is 0 Å². The van der Waals surface area contributed by atoms with Crippen LogP contribution >= 0.6 is 0 Å². The summed E-state index contributed by atoms with van der Waals surface area (Å²) >= 11 is 0. The largest absolute Gasteiger partial charge is 0.462 e. The fraction of sp³-hybridized carbons (Fsp3) is 0.750. The summed E-state index contributed by atoms with van der Waals surface area (Å²) in [4.78, 5) is 12.1. The fourth-order valence-corrected chi connectivity index (χ4v) is 5.86. The molecular formula is C20H30O3. The third kappa shape index (κ3) is 2.23. The molecule has 0 N–H and O–H groups in total. The summed E-state index contributed by atoms with van der Waals surface area (Å²) in [6.07, 6.45) is 4.81. The molecule has 0 heterocycles. The summed E-state index contributed by atoms with van der Waals surface area (Å²) in [5.74, 6) is 1.73. The molecule has 3 nitrogen and oxygen atoms in total. The van der Waals surface area contributed by atoms with Crippen molar-refractivity contribution >= 4 is 5.97 Å². The number of rotatable bonds is 5. The molecule has 0 saturated heterocycles. The minimum atomic E-state index is -0.0476. The fourth-order valence-electron chi connectivity index (χ4n) is 5.86. The topological polar surface area (TPSA) is 35.5 Å². The minimum Gasteiger partial charge on any atom is -0.462 e. The van der Waals surface area contributed by atoms with Crippen molar-refractivity contribution in [1.29, 1.82) is 0 Å². The number of allylic oxidation sites excluding steroid dienone is 2. The molecule has 0 radical (unpaired) electrons. The second-order valence-corrected chi connectivity index (χ2v) is 7.85. The molecule has 23 heavy (non-hydrogen) atoms. The zero-order valence-corrected chi connectivity index (χ0v) is 15.1. The monoisotopic (exact) mass is 318 g/mol. The maximum atomic E-state index is 12.1. The highest BCUT2D eigenvalue weighted by atomic mass is 16.5. The van der Waals surface area contributed by atoms with Crippen molar-refractivity contribution in [3.05, 3.63) is 23.8 Å². The van der Waals surface area contributed by atoms with E-state index in [1.54, 1.807) is 7.11 Å². The first kappa shape index (κ1) is 16.8. The van der Waals surface area contributed by atoms with E-state index in [4.69, 9.17) is 9.47 Å². The standard InChI is InChI=1S/C20H30O3/c1-7-8-16(21)23-15-9-12(4)18-14(22-6)10-13(5)20(18)17(11(2)3)19(15)20/h10,12,14-15,17-19H,2,7-9H2,1,3-6H3/t12-,14-,15+,17+,18-,19-,20-/m0/s1. The molecule has 2 saturated carbocycles. The van der Waals surface area contributed by atoms with Gasteiger partial charge in [0.05, 0.1) is 6.10 Å². The third-order valence-electron chi connectivity index (χ3n) is 6.48. The van der Waals surface area contributed by atoms with Gasteiger partial charge in [-0.2, -0.15) is 0 Å². The first-order valence-electron chi connectivity index (χ1n) is 8.96. The van der Waals surface area contributed by atoms with Gasteiger partial charge in [0, 0.05) is 30.8 Å². The molecule has 3 aliphatic rings. The van der Waals surface area contributed by atoms with Crippen molar-refractivity contribution in [3.63, 3.8) is 0 Å². The Labute approximate surface area is 140 Å². The van der Waals surface area contributed by atoms with Crippen LogP contribution in [-0.4, -0.2) is 25.3 Å². The molecule has 0 aromatic heterocycles. The summed E-state index contributed by atoms with van der Waals surface area (Å²) in [6.45, 7) is 12.9. The smallest absolute Gasteiger partial charge is 0.306 e. The minimum absolute atomic E-state index is 0.0287. The zero-order valence-electron chi connectivity index (χ0n) is 15.1. The molecule has 0 bridgehead atoms. The molecule has 128 valence electrons. The predicted molar refractivity (Wildman–Crippen MR) is 90.8 cm³/mol. The van der Waals surface area contributed by atoms with Gasteiger partial charge in [-0.1, -0.05) is 37.6 Å². The van der Waals surface area contributed by atoms with Crippen LogP contribution in [0.25, 0.3) is 0 Å². The maximum Gasteiger partial charge on any atom is 0.306 e. The lowest BCUT2D eigenvalue weighted by atomic mass is 9.69. The lowest BCUT2D eigenvalue weighted by Gasteiger charge is -2.39. The summed E-state index contributed by atoms with van der Waals surface area (Å²) in [5, 5.41) is 0. The molecule has 2 fully saturated rings. The second kappa shape index (κ2) is 5.77. The first-order chi connectivity index (χ1) is 10.9. The van der Waals surface area contributed by atoms with E-state index in [0.717, 1.165) is 12.8 Å². The highest BCUT2D eigenvalue weighted by molar-refractivity contribution is 5.69. The Morgan fingerprint density at radius 3 is 2.70 bits per heavy atom. The maximum absolute atomic E-state index is 12.1. The highest BCUT2D eigenvalue weighted by Crippen LogP contribution is 2.78. The van der Waals surface area contributed by atoms with Crippen LogP contribution in [0.2, 0.25) is 0 Å². The highest BCUT2D eigenvalue weighted by Gasteiger charge is 2.77. The zero-order chi connectivity index (χ0) is 16.9. The summed E-state index contributed by atoms with van der Waals surface area (Å²) in [7, 11) is 1.81. The van der Waals surface area contributed by atoms with E-state index in [0.29, 0.717) is 30.1 Å². The van der Waals surface area contributed by atoms with Crippen LogP contribution in [0.4, 0.5) is 0 Å². The number of ether oxygens (including phenoxy) is 2. The van der Waals surface area contributed by atoms with Crippen molar-refractivity contribution in [2.45, 2.75) is 59.2 Å². The Morgan fingerprint density at radius 2 is 2.13 bits per heavy atom. The molecule has 3 rings (SSSR count). The molecular weight excluding hydrogens is 288 g/mol. The quantitative estimate of drug-likeness (QED) is 0.564. The Morgan fingerprint density at radius 1 is 1.43 bits per heavy atom. The average molecular weight is 318 g/mol. The van der Waals surface area contributed by atoms with Gasteiger partial charge in [0.15, 0.2) is 0 Å². The number of hydrogen-bond donors (Lipinski definition) is 0. The molecule has 3 aliphatic carbocycles. The number of carbonyl (C=O) groups is 1. The SMILES string of the molecule is C=C(C)[C@@H]1[C@@H]2[C@H](OC(=O)CCC)C[C@H](C)[C@H]3[C@@H](OC)C=C(C)[C@]321. The number of esters is 1. The second-order valence-electron chi connectivity index (χ2n) is 7.85. The van der Waals surface area contributed by atoms with Crippen molar-refractivity contribution < 1.29 is 14.3 Å². The van der Waals surface area contributed by atoms with Crippen LogP contribution in [0.3, 0.4) is 0 Å². The van der Waals surface area contributed by atoms with Crippen LogP contribution < -0.4 is 0 Å². The van der Waals surface area contributed by atoms with Gasteiger partial charge in [0.25, 0.3) is 0 Å². The van der Waals surface area contributed by atoms with Gasteiger partial charge in [0.1, 0.15) is 6.10 Å². The molecule has 0 aromatic carbocycles. The predicted octanol–water partition coefficient (Wildman–Crippen LogP) is 4.14. The Balaban J connectivity index is 1.92. The summed E-state index contributed by atoms with van der Waals surface area (Å²) in [6, 6.07) is 0. The van der Waals surface area contributed by atoms with Crippen LogP contribution in [0.5, 0.6) is 0 Å². The van der Waals surface area contributed by atoms with E-state index in [1.165, 1.54) is 11.1 Å².